The molecular formula is C14H22ClN3O. The molecule has 0 radical (unpaired) electrons. The largest absolute Gasteiger partial charge is 0.369 e. The van der Waals surface area contributed by atoms with Crippen molar-refractivity contribution in [3.63, 3.8) is 0 Å². The van der Waals surface area contributed by atoms with Gasteiger partial charge in [0.2, 0.25) is 5.91 Å². The first-order valence-corrected chi connectivity index (χ1v) is 6.53. The first-order chi connectivity index (χ1) is 8.79. The number of carbonyl (C=O) groups is 1. The first kappa shape index (κ1) is 15.8. The molecule has 1 aliphatic rings. The molecule has 0 aromatic heterocycles. The van der Waals surface area contributed by atoms with Crippen molar-refractivity contribution in [3.05, 3.63) is 30.3 Å². The van der Waals surface area contributed by atoms with Gasteiger partial charge in [0.05, 0.1) is 6.54 Å². The number of piperidine rings is 1. The molecule has 1 fully saturated rings. The average Bonchev–Trinajstić information content (AvgIpc) is 2.40. The standard InChI is InChI=1S/C14H21N3O.ClH/c1-15-10-14(18)16-12-6-5-9-17(11-12)13-7-3-2-4-8-13;/h2-4,7-8,12,15H,5-6,9-11H2,1H3,(H,16,18);1H. The van der Waals surface area contributed by atoms with Crippen molar-refractivity contribution in [2.24, 2.45) is 0 Å². The van der Waals surface area contributed by atoms with Gasteiger partial charge in [-0.1, -0.05) is 18.2 Å². The molecule has 106 valence electrons. The van der Waals surface area contributed by atoms with Crippen LogP contribution in [0.15, 0.2) is 30.3 Å². The maximum atomic E-state index is 11.6. The molecule has 1 heterocycles. The van der Waals surface area contributed by atoms with Crippen LogP contribution in [-0.4, -0.2) is 38.6 Å². The molecule has 0 spiro atoms. The van der Waals surface area contributed by atoms with Gasteiger partial charge in [-0.25, -0.2) is 0 Å². The number of amides is 1. The molecule has 1 aromatic carbocycles. The molecule has 5 heteroatoms. The quantitative estimate of drug-likeness (QED) is 0.878. The Labute approximate surface area is 121 Å². The Balaban J connectivity index is 0.00000180. The number of nitrogens with one attached hydrogen (secondary N) is 2. The van der Waals surface area contributed by atoms with E-state index in [1.54, 1.807) is 7.05 Å². The molecule has 2 N–H and O–H groups in total. The predicted octanol–water partition coefficient (Wildman–Crippen LogP) is 1.41. The van der Waals surface area contributed by atoms with Gasteiger partial charge in [-0.3, -0.25) is 4.79 Å². The predicted molar refractivity (Wildman–Crippen MR) is 81.0 cm³/mol. The number of hydrogen-bond donors (Lipinski definition) is 2. The van der Waals surface area contributed by atoms with Crippen molar-refractivity contribution in [2.45, 2.75) is 18.9 Å². The van der Waals surface area contributed by atoms with Crippen LogP contribution in [0.5, 0.6) is 0 Å². The van der Waals surface area contributed by atoms with E-state index in [0.717, 1.165) is 25.9 Å². The van der Waals surface area contributed by atoms with Gasteiger partial charge >= 0.3 is 0 Å². The molecule has 1 saturated heterocycles. The van der Waals surface area contributed by atoms with E-state index in [4.69, 9.17) is 0 Å². The molecule has 1 atom stereocenters. The molecule has 0 bridgehead atoms. The zero-order valence-electron chi connectivity index (χ0n) is 11.3. The third kappa shape index (κ3) is 4.73. The van der Waals surface area contributed by atoms with Crippen molar-refractivity contribution >= 4 is 24.0 Å². The van der Waals surface area contributed by atoms with Gasteiger partial charge in [0.1, 0.15) is 0 Å². The lowest BCUT2D eigenvalue weighted by molar-refractivity contribution is -0.120. The highest BCUT2D eigenvalue weighted by Gasteiger charge is 2.21. The normalized spacial score (nSPS) is 18.6. The fourth-order valence-electron chi connectivity index (χ4n) is 2.41. The minimum Gasteiger partial charge on any atom is -0.369 e. The molecule has 0 aliphatic carbocycles. The minimum absolute atomic E-state index is 0. The third-order valence-electron chi connectivity index (χ3n) is 3.25. The Kier molecular flexibility index (Phi) is 6.67. The summed E-state index contributed by atoms with van der Waals surface area (Å²) in [6.45, 7) is 2.36. The zero-order chi connectivity index (χ0) is 12.8. The Bertz CT molecular complexity index is 386. The van der Waals surface area contributed by atoms with Crippen LogP contribution >= 0.6 is 12.4 Å². The molecule has 1 amide bonds. The van der Waals surface area contributed by atoms with E-state index in [-0.39, 0.29) is 24.4 Å². The van der Waals surface area contributed by atoms with Gasteiger partial charge in [-0.05, 0) is 32.0 Å². The number of nitrogens with zero attached hydrogens (tertiary/aromatic N) is 1. The van der Waals surface area contributed by atoms with Gasteiger partial charge in [-0.2, -0.15) is 0 Å². The van der Waals surface area contributed by atoms with Gasteiger partial charge < -0.3 is 15.5 Å². The number of carbonyl (C=O) groups excluding carboxylic acids is 1. The van der Waals surface area contributed by atoms with Crippen LogP contribution < -0.4 is 15.5 Å². The van der Waals surface area contributed by atoms with Gasteiger partial charge in [0.15, 0.2) is 0 Å². The fourth-order valence-corrected chi connectivity index (χ4v) is 2.41. The summed E-state index contributed by atoms with van der Waals surface area (Å²) in [5, 5.41) is 5.95. The lowest BCUT2D eigenvalue weighted by Gasteiger charge is -2.34. The second-order valence-electron chi connectivity index (χ2n) is 4.72. The van der Waals surface area contributed by atoms with Crippen LogP contribution in [0.4, 0.5) is 5.69 Å². The third-order valence-corrected chi connectivity index (χ3v) is 3.25. The molecule has 4 nitrogen and oxygen atoms in total. The molecule has 19 heavy (non-hydrogen) atoms. The Hall–Kier alpha value is -1.26. The van der Waals surface area contributed by atoms with Crippen molar-refractivity contribution < 1.29 is 4.79 Å². The summed E-state index contributed by atoms with van der Waals surface area (Å²) in [7, 11) is 1.79. The summed E-state index contributed by atoms with van der Waals surface area (Å²) >= 11 is 0. The lowest BCUT2D eigenvalue weighted by atomic mass is 10.0. The monoisotopic (exact) mass is 283 g/mol. The smallest absolute Gasteiger partial charge is 0.234 e. The fraction of sp³-hybridized carbons (Fsp3) is 0.500. The molecule has 0 saturated carbocycles. The van der Waals surface area contributed by atoms with E-state index in [2.05, 4.69) is 39.8 Å². The summed E-state index contributed by atoms with van der Waals surface area (Å²) in [6.07, 6.45) is 2.19. The van der Waals surface area contributed by atoms with Crippen molar-refractivity contribution in [3.8, 4) is 0 Å². The average molecular weight is 284 g/mol. The number of rotatable bonds is 4. The van der Waals surface area contributed by atoms with Gasteiger partial charge in [0.25, 0.3) is 0 Å². The second-order valence-corrected chi connectivity index (χ2v) is 4.72. The maximum absolute atomic E-state index is 11.6. The summed E-state index contributed by atoms with van der Waals surface area (Å²) < 4.78 is 0. The zero-order valence-corrected chi connectivity index (χ0v) is 12.1. The van der Waals surface area contributed by atoms with E-state index in [1.165, 1.54) is 5.69 Å². The first-order valence-electron chi connectivity index (χ1n) is 6.53. The summed E-state index contributed by atoms with van der Waals surface area (Å²) in [5.41, 5.74) is 1.24. The van der Waals surface area contributed by atoms with E-state index in [0.29, 0.717) is 6.54 Å². The van der Waals surface area contributed by atoms with Crippen molar-refractivity contribution in [2.75, 3.05) is 31.6 Å². The van der Waals surface area contributed by atoms with Crippen molar-refractivity contribution in [1.82, 2.24) is 10.6 Å². The number of para-hydroxylation sites is 1. The number of likely N-dealkylation sites (N-methyl/N-ethyl adjacent to an activating group) is 1. The minimum atomic E-state index is 0. The number of anilines is 1. The topological polar surface area (TPSA) is 44.4 Å². The molecular weight excluding hydrogens is 262 g/mol. The highest BCUT2D eigenvalue weighted by molar-refractivity contribution is 5.85. The summed E-state index contributed by atoms with van der Waals surface area (Å²) in [4.78, 5) is 13.9. The van der Waals surface area contributed by atoms with Crippen molar-refractivity contribution in [1.29, 1.82) is 0 Å². The molecule has 1 aromatic rings. The Morgan fingerprint density at radius 2 is 2.11 bits per heavy atom. The van der Waals surface area contributed by atoms with E-state index in [9.17, 15) is 4.79 Å². The molecule has 1 aliphatic heterocycles. The van der Waals surface area contributed by atoms with Crippen LogP contribution in [0.3, 0.4) is 0 Å². The van der Waals surface area contributed by atoms with Crippen LogP contribution in [0, 0.1) is 0 Å². The lowest BCUT2D eigenvalue weighted by Crippen LogP contribution is -2.49. The molecule has 1 unspecified atom stereocenters. The SMILES string of the molecule is CNCC(=O)NC1CCCN(c2ccccc2)C1.Cl. The van der Waals surface area contributed by atoms with Crippen LogP contribution in [0.25, 0.3) is 0 Å². The number of halogens is 1. The Morgan fingerprint density at radius 1 is 1.37 bits per heavy atom. The van der Waals surface area contributed by atoms with E-state index in [1.807, 2.05) is 6.07 Å². The van der Waals surface area contributed by atoms with E-state index >= 15 is 0 Å². The highest BCUT2D eigenvalue weighted by Crippen LogP contribution is 2.19. The summed E-state index contributed by atoms with van der Waals surface area (Å²) in [5.74, 6) is 0.0809. The molecule has 2 rings (SSSR count). The second kappa shape index (κ2) is 8.02. The summed E-state index contributed by atoms with van der Waals surface area (Å²) in [6, 6.07) is 10.6. The van der Waals surface area contributed by atoms with Gasteiger partial charge in [0, 0.05) is 24.8 Å². The highest BCUT2D eigenvalue weighted by atomic mass is 35.5. The van der Waals surface area contributed by atoms with Gasteiger partial charge in [-0.15, -0.1) is 12.4 Å². The number of benzene rings is 1. The van der Waals surface area contributed by atoms with E-state index < -0.39 is 0 Å². The van der Waals surface area contributed by atoms with Crippen LogP contribution in [-0.2, 0) is 4.79 Å². The van der Waals surface area contributed by atoms with Crippen LogP contribution in [0.1, 0.15) is 12.8 Å². The Morgan fingerprint density at radius 3 is 2.79 bits per heavy atom. The number of hydrogen-bond acceptors (Lipinski definition) is 3. The maximum Gasteiger partial charge on any atom is 0.234 e. The van der Waals surface area contributed by atoms with Crippen LogP contribution in [0.2, 0.25) is 0 Å².